The fourth-order valence-electron chi connectivity index (χ4n) is 3.59. The monoisotopic (exact) mass is 385 g/mol. The standard InChI is InChI=1S/C25H25N2O2/c1-18-13-23-24(14-19(18)2)27(17-26(23)15-20-7-5-4-6-8-20)16-25(28)21-9-11-22(29-3)12-10-21/h4-14,17H,15-16H2,1-3H3/q+1. The topological polar surface area (TPSA) is 35.1 Å². The Morgan fingerprint density at radius 1 is 0.966 bits per heavy atom. The van der Waals surface area contributed by atoms with Crippen LogP contribution in [-0.2, 0) is 13.1 Å². The zero-order valence-electron chi connectivity index (χ0n) is 17.1. The maximum absolute atomic E-state index is 12.9. The number of methoxy groups -OCH3 is 1. The summed E-state index contributed by atoms with van der Waals surface area (Å²) in [5.74, 6) is 0.828. The van der Waals surface area contributed by atoms with Crippen LogP contribution in [0, 0.1) is 13.8 Å². The second-order valence-corrected chi connectivity index (χ2v) is 7.43. The van der Waals surface area contributed by atoms with Crippen LogP contribution in [0.3, 0.4) is 0 Å². The first kappa shape index (κ1) is 18.9. The minimum Gasteiger partial charge on any atom is -0.497 e. The van der Waals surface area contributed by atoms with Crippen LogP contribution in [0.15, 0.2) is 73.1 Å². The van der Waals surface area contributed by atoms with E-state index in [1.807, 2.05) is 30.3 Å². The predicted molar refractivity (Wildman–Crippen MR) is 114 cm³/mol. The Hall–Kier alpha value is -3.40. The number of ketones is 1. The summed E-state index contributed by atoms with van der Waals surface area (Å²) in [6, 6.07) is 22.1. The van der Waals surface area contributed by atoms with Crippen molar-refractivity contribution in [2.24, 2.45) is 0 Å². The zero-order valence-corrected chi connectivity index (χ0v) is 17.1. The second kappa shape index (κ2) is 7.92. The number of imidazole rings is 1. The summed E-state index contributed by atoms with van der Waals surface area (Å²) in [4.78, 5) is 12.9. The third kappa shape index (κ3) is 3.92. The predicted octanol–water partition coefficient (Wildman–Crippen LogP) is 4.49. The van der Waals surface area contributed by atoms with Crippen LogP contribution in [0.5, 0.6) is 5.75 Å². The van der Waals surface area contributed by atoms with Gasteiger partial charge in [-0.25, -0.2) is 9.13 Å². The maximum atomic E-state index is 12.9. The van der Waals surface area contributed by atoms with Crippen molar-refractivity contribution in [1.29, 1.82) is 0 Å². The van der Waals surface area contributed by atoms with Gasteiger partial charge in [0.25, 0.3) is 0 Å². The summed E-state index contributed by atoms with van der Waals surface area (Å²) in [5, 5.41) is 0. The lowest BCUT2D eigenvalue weighted by Crippen LogP contribution is -2.33. The Morgan fingerprint density at radius 2 is 1.66 bits per heavy atom. The van der Waals surface area contributed by atoms with E-state index < -0.39 is 0 Å². The Labute approximate surface area is 171 Å². The quantitative estimate of drug-likeness (QED) is 0.362. The van der Waals surface area contributed by atoms with E-state index in [-0.39, 0.29) is 5.78 Å². The van der Waals surface area contributed by atoms with Crippen molar-refractivity contribution in [3.63, 3.8) is 0 Å². The first-order valence-electron chi connectivity index (χ1n) is 9.76. The molecule has 0 aliphatic heterocycles. The van der Waals surface area contributed by atoms with E-state index in [2.05, 4.69) is 65.7 Å². The number of benzene rings is 3. The second-order valence-electron chi connectivity index (χ2n) is 7.43. The van der Waals surface area contributed by atoms with Gasteiger partial charge in [-0.05, 0) is 66.9 Å². The molecular formula is C25H25N2O2+. The molecule has 0 aliphatic carbocycles. The van der Waals surface area contributed by atoms with Gasteiger partial charge in [0.15, 0.2) is 17.6 Å². The molecule has 0 saturated carbocycles. The highest BCUT2D eigenvalue weighted by Gasteiger charge is 2.20. The van der Waals surface area contributed by atoms with Gasteiger partial charge >= 0.3 is 0 Å². The molecule has 146 valence electrons. The SMILES string of the molecule is COc1ccc(C(=O)Cn2c[n+](Cc3ccccc3)c3cc(C)c(C)cc32)cc1. The van der Waals surface area contributed by atoms with Crippen LogP contribution in [0.2, 0.25) is 0 Å². The van der Waals surface area contributed by atoms with Gasteiger partial charge in [-0.2, -0.15) is 0 Å². The minimum atomic E-state index is 0.0784. The summed E-state index contributed by atoms with van der Waals surface area (Å²) >= 11 is 0. The number of aromatic nitrogens is 2. The molecule has 0 bridgehead atoms. The molecule has 0 unspecified atom stereocenters. The lowest BCUT2D eigenvalue weighted by molar-refractivity contribution is -0.663. The maximum Gasteiger partial charge on any atom is 0.245 e. The lowest BCUT2D eigenvalue weighted by Gasteiger charge is -2.03. The largest absolute Gasteiger partial charge is 0.497 e. The molecule has 0 spiro atoms. The van der Waals surface area contributed by atoms with Gasteiger partial charge in [0, 0.05) is 5.56 Å². The van der Waals surface area contributed by atoms with Gasteiger partial charge in [0.2, 0.25) is 12.1 Å². The summed E-state index contributed by atoms with van der Waals surface area (Å²) in [5.41, 5.74) is 6.60. The molecule has 4 rings (SSSR count). The van der Waals surface area contributed by atoms with E-state index in [0.717, 1.165) is 23.3 Å². The van der Waals surface area contributed by atoms with Gasteiger partial charge < -0.3 is 4.74 Å². The fourth-order valence-corrected chi connectivity index (χ4v) is 3.59. The molecule has 0 radical (unpaired) electrons. The third-order valence-corrected chi connectivity index (χ3v) is 5.41. The number of Topliss-reactive ketones (excluding diaryl/α,β-unsaturated/α-hetero) is 1. The fraction of sp³-hybridized carbons (Fsp3) is 0.200. The van der Waals surface area contributed by atoms with Crippen LogP contribution >= 0.6 is 0 Å². The number of fused-ring (bicyclic) bond motifs is 1. The first-order chi connectivity index (χ1) is 14.0. The molecule has 0 amide bonds. The normalized spacial score (nSPS) is 11.0. The highest BCUT2D eigenvalue weighted by Crippen LogP contribution is 2.19. The molecule has 1 aromatic heterocycles. The Bertz CT molecular complexity index is 1160. The third-order valence-electron chi connectivity index (χ3n) is 5.41. The first-order valence-corrected chi connectivity index (χ1v) is 9.76. The van der Waals surface area contributed by atoms with Crippen molar-refractivity contribution in [2.75, 3.05) is 7.11 Å². The summed E-state index contributed by atoms with van der Waals surface area (Å²) in [6.07, 6.45) is 2.05. The van der Waals surface area contributed by atoms with Gasteiger partial charge in [-0.1, -0.05) is 30.3 Å². The van der Waals surface area contributed by atoms with Crippen molar-refractivity contribution >= 4 is 16.8 Å². The van der Waals surface area contributed by atoms with Crippen LogP contribution in [0.4, 0.5) is 0 Å². The number of carbonyl (C=O) groups excluding carboxylic acids is 1. The molecule has 4 aromatic rings. The zero-order chi connectivity index (χ0) is 20.4. The molecule has 4 nitrogen and oxygen atoms in total. The molecule has 0 atom stereocenters. The highest BCUT2D eigenvalue weighted by molar-refractivity contribution is 5.96. The van der Waals surface area contributed by atoms with E-state index in [0.29, 0.717) is 12.1 Å². The average molecular weight is 385 g/mol. The van der Waals surface area contributed by atoms with Crippen molar-refractivity contribution in [3.8, 4) is 5.75 Å². The highest BCUT2D eigenvalue weighted by atomic mass is 16.5. The number of hydrogen-bond donors (Lipinski definition) is 0. The van der Waals surface area contributed by atoms with Crippen molar-refractivity contribution in [1.82, 2.24) is 4.57 Å². The van der Waals surface area contributed by atoms with Gasteiger partial charge in [0.1, 0.15) is 12.3 Å². The molecular weight excluding hydrogens is 360 g/mol. The van der Waals surface area contributed by atoms with Crippen LogP contribution in [-0.4, -0.2) is 17.5 Å². The number of aryl methyl sites for hydroxylation is 2. The molecule has 29 heavy (non-hydrogen) atoms. The van der Waals surface area contributed by atoms with E-state index in [1.165, 1.54) is 16.7 Å². The molecule has 0 saturated heterocycles. The van der Waals surface area contributed by atoms with E-state index in [9.17, 15) is 4.79 Å². The van der Waals surface area contributed by atoms with Crippen LogP contribution in [0.1, 0.15) is 27.0 Å². The van der Waals surface area contributed by atoms with Gasteiger partial charge in [-0.3, -0.25) is 4.79 Å². The number of rotatable bonds is 6. The average Bonchev–Trinajstić information content (AvgIpc) is 3.05. The van der Waals surface area contributed by atoms with Crippen LogP contribution in [0.25, 0.3) is 11.0 Å². The van der Waals surface area contributed by atoms with E-state index in [1.54, 1.807) is 7.11 Å². The molecule has 0 N–H and O–H groups in total. The number of carbonyl (C=O) groups is 1. The number of ether oxygens (including phenoxy) is 1. The van der Waals surface area contributed by atoms with Crippen molar-refractivity contribution < 1.29 is 14.1 Å². The van der Waals surface area contributed by atoms with Gasteiger partial charge in [0.05, 0.1) is 7.11 Å². The van der Waals surface area contributed by atoms with Crippen molar-refractivity contribution in [2.45, 2.75) is 26.9 Å². The Morgan fingerprint density at radius 3 is 2.34 bits per heavy atom. The number of nitrogens with zero attached hydrogens (tertiary/aromatic N) is 2. The smallest absolute Gasteiger partial charge is 0.245 e. The Balaban J connectivity index is 1.71. The molecule has 0 fully saturated rings. The Kier molecular flexibility index (Phi) is 5.17. The van der Waals surface area contributed by atoms with Crippen molar-refractivity contribution in [3.05, 3.63) is 95.3 Å². The molecule has 1 heterocycles. The van der Waals surface area contributed by atoms with Gasteiger partial charge in [-0.15, -0.1) is 0 Å². The number of hydrogen-bond acceptors (Lipinski definition) is 2. The van der Waals surface area contributed by atoms with E-state index >= 15 is 0 Å². The minimum absolute atomic E-state index is 0.0784. The van der Waals surface area contributed by atoms with E-state index in [4.69, 9.17) is 4.74 Å². The summed E-state index contributed by atoms with van der Waals surface area (Å²) in [6.45, 7) is 5.30. The summed E-state index contributed by atoms with van der Waals surface area (Å²) in [7, 11) is 1.62. The molecule has 3 aromatic carbocycles. The van der Waals surface area contributed by atoms with Crippen LogP contribution < -0.4 is 9.30 Å². The molecule has 0 aliphatic rings. The summed E-state index contributed by atoms with van der Waals surface area (Å²) < 4.78 is 9.46. The molecule has 4 heteroatoms. The lowest BCUT2D eigenvalue weighted by atomic mass is 10.1.